The highest BCUT2D eigenvalue weighted by Gasteiger charge is 2.50. The second-order valence-corrected chi connectivity index (χ2v) is 7.40. The predicted octanol–water partition coefficient (Wildman–Crippen LogP) is 4.13. The van der Waals surface area contributed by atoms with Gasteiger partial charge in [0, 0.05) is 30.8 Å². The van der Waals surface area contributed by atoms with Crippen molar-refractivity contribution in [3.63, 3.8) is 0 Å². The molecule has 7 nitrogen and oxygen atoms in total. The van der Waals surface area contributed by atoms with Gasteiger partial charge in [-0.15, -0.1) is 0 Å². The van der Waals surface area contributed by atoms with Crippen LogP contribution in [0.15, 0.2) is 29.5 Å². The summed E-state index contributed by atoms with van der Waals surface area (Å²) >= 11 is 5.99. The second-order valence-electron chi connectivity index (χ2n) is 6.99. The number of hydrogen-bond donors (Lipinski definition) is 1. The second kappa shape index (κ2) is 8.11. The van der Waals surface area contributed by atoms with Crippen LogP contribution in [0.4, 0.5) is 23.2 Å². The molecule has 2 aromatic heterocycles. The molecule has 3 heterocycles. The van der Waals surface area contributed by atoms with Gasteiger partial charge in [-0.3, -0.25) is 9.78 Å². The average molecular weight is 456 g/mol. The number of halogens is 5. The third-order valence-electron chi connectivity index (χ3n) is 4.63. The molecule has 1 aliphatic rings. The Morgan fingerprint density at radius 3 is 2.71 bits per heavy atom. The Morgan fingerprint density at radius 2 is 2.10 bits per heavy atom. The molecular formula is C19H14ClF4N5O2. The van der Waals surface area contributed by atoms with Crippen LogP contribution in [0.3, 0.4) is 0 Å². The van der Waals surface area contributed by atoms with Crippen molar-refractivity contribution in [2.45, 2.75) is 37.6 Å². The van der Waals surface area contributed by atoms with E-state index < -0.39 is 42.0 Å². The van der Waals surface area contributed by atoms with Gasteiger partial charge in [-0.05, 0) is 24.6 Å². The van der Waals surface area contributed by atoms with Crippen LogP contribution in [0.25, 0.3) is 4.85 Å². The zero-order valence-electron chi connectivity index (χ0n) is 15.9. The number of ketones is 1. The highest BCUT2D eigenvalue weighted by molar-refractivity contribution is 6.33. The number of nitrogens with zero attached hydrogens (tertiary/aromatic N) is 4. The number of rotatable bonds is 4. The number of carbonyl (C=O) groups is 1. The normalized spacial score (nSPS) is 21.1. The lowest BCUT2D eigenvalue weighted by Crippen LogP contribution is -2.46. The maximum atomic E-state index is 14.5. The average Bonchev–Trinajstić information content (AvgIpc) is 2.67. The summed E-state index contributed by atoms with van der Waals surface area (Å²) in [6, 6.07) is 1.76. The van der Waals surface area contributed by atoms with Crippen molar-refractivity contribution < 1.29 is 27.1 Å². The number of amidine groups is 1. The molecule has 0 amide bonds. The first-order chi connectivity index (χ1) is 14.4. The molecule has 0 aromatic carbocycles. The summed E-state index contributed by atoms with van der Waals surface area (Å²) in [7, 11) is 0. The Bertz CT molecular complexity index is 1120. The number of aliphatic imine (C=N–C) groups is 1. The number of nitrogens with two attached hydrogens (primary N) is 1. The molecule has 0 saturated heterocycles. The molecule has 0 bridgehead atoms. The molecule has 162 valence electrons. The Labute approximate surface area is 178 Å². The van der Waals surface area contributed by atoms with Gasteiger partial charge in [0.25, 0.3) is 6.02 Å². The maximum Gasteiger partial charge on any atom is 0.425 e. The molecule has 0 fully saturated rings. The van der Waals surface area contributed by atoms with Crippen molar-refractivity contribution in [2.24, 2.45) is 10.7 Å². The van der Waals surface area contributed by atoms with Crippen molar-refractivity contribution in [1.82, 2.24) is 9.97 Å². The summed E-state index contributed by atoms with van der Waals surface area (Å²) < 4.78 is 58.6. The Hall–Kier alpha value is -3.26. The fourth-order valence-electron chi connectivity index (χ4n) is 3.15. The summed E-state index contributed by atoms with van der Waals surface area (Å²) in [5.41, 5.74) is 3.68. The van der Waals surface area contributed by atoms with E-state index in [0.717, 1.165) is 6.20 Å². The molecular weight excluding hydrogens is 442 g/mol. The van der Waals surface area contributed by atoms with E-state index in [-0.39, 0.29) is 34.0 Å². The lowest BCUT2D eigenvalue weighted by atomic mass is 9.85. The van der Waals surface area contributed by atoms with Gasteiger partial charge in [-0.1, -0.05) is 11.6 Å². The molecule has 1 aliphatic heterocycles. The maximum absolute atomic E-state index is 14.5. The van der Waals surface area contributed by atoms with Crippen LogP contribution in [0.2, 0.25) is 5.02 Å². The highest BCUT2D eigenvalue weighted by Crippen LogP contribution is 2.40. The van der Waals surface area contributed by atoms with Crippen molar-refractivity contribution >= 4 is 29.1 Å². The Morgan fingerprint density at radius 1 is 1.39 bits per heavy atom. The van der Waals surface area contributed by atoms with Crippen LogP contribution in [0.1, 0.15) is 35.0 Å². The fourth-order valence-corrected chi connectivity index (χ4v) is 3.41. The molecule has 2 aromatic rings. The molecule has 0 unspecified atom stereocenters. The van der Waals surface area contributed by atoms with Crippen molar-refractivity contribution in [3.05, 3.63) is 63.7 Å². The van der Waals surface area contributed by atoms with E-state index in [1.54, 1.807) is 0 Å². The number of carbonyl (C=O) groups excluding carboxylic acids is 1. The van der Waals surface area contributed by atoms with E-state index >= 15 is 0 Å². The number of alkyl halides is 3. The van der Waals surface area contributed by atoms with Gasteiger partial charge >= 0.3 is 6.18 Å². The Balaban J connectivity index is 1.93. The minimum absolute atomic E-state index is 0.0319. The quantitative estimate of drug-likeness (QED) is 0.324. The van der Waals surface area contributed by atoms with Crippen molar-refractivity contribution in [3.8, 4) is 0 Å². The molecule has 2 N–H and O–H groups in total. The van der Waals surface area contributed by atoms with Gasteiger partial charge in [-0.2, -0.15) is 17.6 Å². The molecule has 0 radical (unpaired) electrons. The van der Waals surface area contributed by atoms with Gasteiger partial charge in [-0.25, -0.2) is 14.8 Å². The monoisotopic (exact) mass is 455 g/mol. The minimum atomic E-state index is -4.74. The highest BCUT2D eigenvalue weighted by atomic mass is 35.5. The lowest BCUT2D eigenvalue weighted by Gasteiger charge is -2.35. The van der Waals surface area contributed by atoms with Gasteiger partial charge < -0.3 is 10.5 Å². The SMILES string of the molecule is [C-]#[N+]c1cnc(C(=O)Cc2cnc(F)c([C@]3(C)C[C@@H](C(F)(F)F)OC(N)=N3)c2)c(Cl)c1. The van der Waals surface area contributed by atoms with Crippen molar-refractivity contribution in [1.29, 1.82) is 0 Å². The molecule has 0 saturated carbocycles. The van der Waals surface area contributed by atoms with Crippen LogP contribution >= 0.6 is 11.6 Å². The van der Waals surface area contributed by atoms with Crippen LogP contribution in [-0.4, -0.2) is 34.1 Å². The summed E-state index contributed by atoms with van der Waals surface area (Å²) in [6.07, 6.45) is -5.78. The smallest absolute Gasteiger partial charge is 0.425 e. The molecule has 0 aliphatic carbocycles. The zero-order chi connectivity index (χ0) is 23.0. The van der Waals surface area contributed by atoms with Crippen molar-refractivity contribution in [2.75, 3.05) is 0 Å². The van der Waals surface area contributed by atoms with E-state index in [1.165, 1.54) is 25.3 Å². The van der Waals surface area contributed by atoms with Gasteiger partial charge in [0.1, 0.15) is 5.69 Å². The molecule has 0 spiro atoms. The first-order valence-corrected chi connectivity index (χ1v) is 9.10. The summed E-state index contributed by atoms with van der Waals surface area (Å²) in [5, 5.41) is -0.0319. The first kappa shape index (κ1) is 22.4. The van der Waals surface area contributed by atoms with E-state index in [1.807, 2.05) is 0 Å². The van der Waals surface area contributed by atoms with E-state index in [0.29, 0.717) is 0 Å². The third-order valence-corrected chi connectivity index (χ3v) is 4.92. The van der Waals surface area contributed by atoms with Crippen LogP contribution in [0.5, 0.6) is 0 Å². The third kappa shape index (κ3) is 4.74. The van der Waals surface area contributed by atoms with Gasteiger partial charge in [0.05, 0.1) is 17.1 Å². The summed E-state index contributed by atoms with van der Waals surface area (Å²) in [6.45, 7) is 8.19. The number of ether oxygens (including phenoxy) is 1. The van der Waals surface area contributed by atoms with Gasteiger partial charge in [0.2, 0.25) is 11.6 Å². The van der Waals surface area contributed by atoms with Gasteiger partial charge in [0.15, 0.2) is 11.9 Å². The largest absolute Gasteiger partial charge is 0.452 e. The Kier molecular flexibility index (Phi) is 5.87. The number of pyridine rings is 2. The van der Waals surface area contributed by atoms with E-state index in [4.69, 9.17) is 23.9 Å². The topological polar surface area (TPSA) is 94.8 Å². The van der Waals surface area contributed by atoms with Crippen LogP contribution in [-0.2, 0) is 16.7 Å². The number of aromatic nitrogens is 2. The fraction of sp³-hybridized carbons (Fsp3) is 0.316. The molecule has 3 rings (SSSR count). The van der Waals surface area contributed by atoms with Crippen LogP contribution in [0, 0.1) is 12.5 Å². The van der Waals surface area contributed by atoms with E-state index in [9.17, 15) is 22.4 Å². The summed E-state index contributed by atoms with van der Waals surface area (Å²) in [4.78, 5) is 27.0. The number of hydrogen-bond acceptors (Lipinski definition) is 6. The lowest BCUT2D eigenvalue weighted by molar-refractivity contribution is -0.208. The summed E-state index contributed by atoms with van der Waals surface area (Å²) in [5.74, 6) is -1.59. The predicted molar refractivity (Wildman–Crippen MR) is 102 cm³/mol. The molecule has 31 heavy (non-hydrogen) atoms. The standard InChI is InChI=1S/C19H14ClF4N5O2/c1-18(6-14(19(22,23)24)31-17(25)29-18)11-3-9(7-28-16(11)21)4-13(30)15-12(20)5-10(26-2)8-27-15/h3,5,7-8,14H,4,6H2,1H3,(H2,25,29)/t14-,18-/m0/s1. The van der Waals surface area contributed by atoms with E-state index in [2.05, 4.69) is 24.5 Å². The molecule has 12 heteroatoms. The first-order valence-electron chi connectivity index (χ1n) is 8.73. The molecule has 2 atom stereocenters. The minimum Gasteiger partial charge on any atom is -0.452 e. The van der Waals surface area contributed by atoms with Crippen LogP contribution < -0.4 is 5.73 Å². The number of Topliss-reactive ketones (excluding diaryl/α,β-unsaturated/α-hetero) is 1. The zero-order valence-corrected chi connectivity index (χ0v) is 16.6.